The number of carboxylic acid groups (broad SMARTS) is 1. The van der Waals surface area contributed by atoms with Crippen molar-refractivity contribution >= 4 is 41.0 Å². The van der Waals surface area contributed by atoms with Gasteiger partial charge in [0.25, 0.3) is 5.91 Å². The van der Waals surface area contributed by atoms with Crippen LogP contribution in [0.5, 0.6) is 0 Å². The Morgan fingerprint density at radius 2 is 1.94 bits per heavy atom. The molecule has 0 radical (unpaired) electrons. The lowest BCUT2D eigenvalue weighted by molar-refractivity contribution is -0.141. The van der Waals surface area contributed by atoms with Gasteiger partial charge in [-0.15, -0.1) is 0 Å². The number of hydrogen-bond donors (Lipinski definition) is 3. The van der Waals surface area contributed by atoms with Gasteiger partial charge >= 0.3 is 5.97 Å². The molecule has 1 aromatic heterocycles. The zero-order valence-electron chi connectivity index (χ0n) is 17.4. The predicted molar refractivity (Wildman–Crippen MR) is 111 cm³/mol. The van der Waals surface area contributed by atoms with E-state index in [4.69, 9.17) is 5.11 Å². The van der Waals surface area contributed by atoms with Crippen molar-refractivity contribution in [2.45, 2.75) is 44.3 Å². The number of aldehydes is 1. The van der Waals surface area contributed by atoms with Gasteiger partial charge in [-0.1, -0.05) is 12.1 Å². The Kier molecular flexibility index (Phi) is 7.08. The van der Waals surface area contributed by atoms with Crippen LogP contribution < -0.4 is 10.6 Å². The first-order chi connectivity index (χ1) is 15.3. The summed E-state index contributed by atoms with van der Waals surface area (Å²) in [5.74, 6) is -2.87. The van der Waals surface area contributed by atoms with E-state index in [9.17, 15) is 24.0 Å². The minimum Gasteiger partial charge on any atom is -0.481 e. The van der Waals surface area contributed by atoms with E-state index in [1.54, 1.807) is 24.3 Å². The summed E-state index contributed by atoms with van der Waals surface area (Å²) in [5, 5.41) is 13.8. The van der Waals surface area contributed by atoms with Crippen LogP contribution >= 0.6 is 0 Å². The topological polar surface area (TPSA) is 159 Å². The molecule has 32 heavy (non-hydrogen) atoms. The van der Waals surface area contributed by atoms with Crippen LogP contribution in [-0.4, -0.2) is 74.6 Å². The van der Waals surface area contributed by atoms with E-state index in [0.29, 0.717) is 36.7 Å². The Labute approximate surface area is 183 Å². The number of aromatic nitrogens is 2. The number of nitrogens with one attached hydrogen (secondary N) is 2. The van der Waals surface area contributed by atoms with Gasteiger partial charge in [0, 0.05) is 6.54 Å². The molecule has 3 rings (SSSR count). The maximum Gasteiger partial charge on any atom is 0.305 e. The van der Waals surface area contributed by atoms with Crippen LogP contribution in [0, 0.1) is 0 Å². The maximum atomic E-state index is 12.9. The molecule has 2 aromatic rings. The van der Waals surface area contributed by atoms with Crippen LogP contribution in [0.25, 0.3) is 11.0 Å². The number of fused-ring (bicyclic) bond motifs is 1. The fraction of sp³-hybridized carbons (Fsp3) is 0.381. The fourth-order valence-electron chi connectivity index (χ4n) is 3.55. The molecule has 1 aromatic carbocycles. The SMILES string of the molecule is C[C@H](NC(=O)c1cnc2ccccc2n1)C(=O)N1CCC[C@H]1C(=O)N[C@H](C=O)CC(=O)O. The smallest absolute Gasteiger partial charge is 0.305 e. The number of carbonyl (C=O) groups excluding carboxylic acids is 4. The number of hydrogen-bond acceptors (Lipinski definition) is 7. The lowest BCUT2D eigenvalue weighted by atomic mass is 10.1. The minimum atomic E-state index is -1.23. The van der Waals surface area contributed by atoms with E-state index < -0.39 is 48.2 Å². The van der Waals surface area contributed by atoms with Gasteiger partial charge in [0.05, 0.1) is 29.7 Å². The van der Waals surface area contributed by atoms with Crippen LogP contribution in [0.4, 0.5) is 0 Å². The monoisotopic (exact) mass is 441 g/mol. The second kappa shape index (κ2) is 9.94. The van der Waals surface area contributed by atoms with Gasteiger partial charge in [-0.3, -0.25) is 24.2 Å². The van der Waals surface area contributed by atoms with Gasteiger partial charge in [-0.05, 0) is 31.9 Å². The molecule has 168 valence electrons. The molecule has 3 N–H and O–H groups in total. The lowest BCUT2D eigenvalue weighted by Gasteiger charge is -2.27. The van der Waals surface area contributed by atoms with Crippen molar-refractivity contribution in [2.75, 3.05) is 6.54 Å². The Bertz CT molecular complexity index is 1060. The van der Waals surface area contributed by atoms with E-state index in [0.717, 1.165) is 0 Å². The predicted octanol–water partition coefficient (Wildman–Crippen LogP) is -0.102. The first-order valence-corrected chi connectivity index (χ1v) is 10.1. The average Bonchev–Trinajstić information content (AvgIpc) is 3.27. The van der Waals surface area contributed by atoms with Crippen LogP contribution in [0.2, 0.25) is 0 Å². The zero-order chi connectivity index (χ0) is 23.3. The highest BCUT2D eigenvalue weighted by Gasteiger charge is 2.37. The number of likely N-dealkylation sites (tertiary alicyclic amines) is 1. The van der Waals surface area contributed by atoms with Gasteiger partial charge in [0.1, 0.15) is 24.1 Å². The normalized spacial score (nSPS) is 17.4. The van der Waals surface area contributed by atoms with Crippen molar-refractivity contribution in [1.82, 2.24) is 25.5 Å². The van der Waals surface area contributed by atoms with Crippen LogP contribution in [-0.2, 0) is 19.2 Å². The molecule has 1 aliphatic heterocycles. The van der Waals surface area contributed by atoms with Crippen molar-refractivity contribution in [3.05, 3.63) is 36.2 Å². The molecule has 0 bridgehead atoms. The summed E-state index contributed by atoms with van der Waals surface area (Å²) in [6.07, 6.45) is 2.05. The molecule has 1 aliphatic rings. The molecule has 1 fully saturated rings. The quantitative estimate of drug-likeness (QED) is 0.479. The summed E-state index contributed by atoms with van der Waals surface area (Å²) in [7, 11) is 0. The second-order valence-electron chi connectivity index (χ2n) is 7.48. The van der Waals surface area contributed by atoms with E-state index in [1.807, 2.05) is 0 Å². The molecule has 0 aliphatic carbocycles. The van der Waals surface area contributed by atoms with Gasteiger partial charge < -0.3 is 25.4 Å². The Balaban J connectivity index is 1.64. The molecule has 0 saturated carbocycles. The number of rotatable bonds is 8. The van der Waals surface area contributed by atoms with Crippen molar-refractivity contribution < 1.29 is 29.1 Å². The first kappa shape index (κ1) is 22.8. The highest BCUT2D eigenvalue weighted by molar-refractivity contribution is 5.98. The number of para-hydroxylation sites is 2. The molecule has 0 spiro atoms. The third-order valence-corrected chi connectivity index (χ3v) is 5.12. The van der Waals surface area contributed by atoms with Crippen molar-refractivity contribution in [3.63, 3.8) is 0 Å². The van der Waals surface area contributed by atoms with Crippen molar-refractivity contribution in [1.29, 1.82) is 0 Å². The van der Waals surface area contributed by atoms with Crippen molar-refractivity contribution in [2.24, 2.45) is 0 Å². The second-order valence-corrected chi connectivity index (χ2v) is 7.48. The summed E-state index contributed by atoms with van der Waals surface area (Å²) in [4.78, 5) is 69.6. The van der Waals surface area contributed by atoms with E-state index in [1.165, 1.54) is 18.0 Å². The number of amides is 3. The molecule has 3 atom stereocenters. The van der Waals surface area contributed by atoms with Crippen LogP contribution in [0.3, 0.4) is 0 Å². The summed E-state index contributed by atoms with van der Waals surface area (Å²) in [5.41, 5.74) is 1.23. The average molecular weight is 441 g/mol. The van der Waals surface area contributed by atoms with Gasteiger partial charge in [0.2, 0.25) is 11.8 Å². The number of carbonyl (C=O) groups is 5. The Hall–Kier alpha value is -3.89. The maximum absolute atomic E-state index is 12.9. The lowest BCUT2D eigenvalue weighted by Crippen LogP contribution is -2.54. The number of benzene rings is 1. The van der Waals surface area contributed by atoms with Gasteiger partial charge in [-0.25, -0.2) is 4.98 Å². The molecular weight excluding hydrogens is 418 g/mol. The largest absolute Gasteiger partial charge is 0.481 e. The van der Waals surface area contributed by atoms with E-state index >= 15 is 0 Å². The third-order valence-electron chi connectivity index (χ3n) is 5.12. The van der Waals surface area contributed by atoms with E-state index in [2.05, 4.69) is 20.6 Å². The first-order valence-electron chi connectivity index (χ1n) is 10.1. The summed E-state index contributed by atoms with van der Waals surface area (Å²) >= 11 is 0. The minimum absolute atomic E-state index is 0.0570. The third kappa shape index (κ3) is 5.23. The highest BCUT2D eigenvalue weighted by atomic mass is 16.4. The summed E-state index contributed by atoms with van der Waals surface area (Å²) in [6, 6.07) is 4.09. The molecular formula is C21H23N5O6. The van der Waals surface area contributed by atoms with Gasteiger partial charge in [0.15, 0.2) is 0 Å². The van der Waals surface area contributed by atoms with E-state index in [-0.39, 0.29) is 5.69 Å². The zero-order valence-corrected chi connectivity index (χ0v) is 17.4. The summed E-state index contributed by atoms with van der Waals surface area (Å²) in [6.45, 7) is 1.80. The van der Waals surface area contributed by atoms with Gasteiger partial charge in [-0.2, -0.15) is 0 Å². The van der Waals surface area contributed by atoms with Crippen LogP contribution in [0.15, 0.2) is 30.5 Å². The molecule has 11 nitrogen and oxygen atoms in total. The molecule has 11 heteroatoms. The molecule has 0 unspecified atom stereocenters. The Morgan fingerprint density at radius 3 is 2.62 bits per heavy atom. The van der Waals surface area contributed by atoms with Crippen LogP contribution in [0.1, 0.15) is 36.7 Å². The highest BCUT2D eigenvalue weighted by Crippen LogP contribution is 2.19. The number of carboxylic acids is 1. The molecule has 3 amide bonds. The molecule has 1 saturated heterocycles. The number of nitrogens with zero attached hydrogens (tertiary/aromatic N) is 3. The van der Waals surface area contributed by atoms with Crippen molar-refractivity contribution in [3.8, 4) is 0 Å². The number of aliphatic carboxylic acids is 1. The standard InChI is InChI=1S/C21H23N5O6/c1-12(23-19(30)16-10-22-14-5-2-3-6-15(14)25-16)21(32)26-8-4-7-17(26)20(31)24-13(11-27)9-18(28)29/h2-3,5-6,10-13,17H,4,7-9H2,1H3,(H,23,30)(H,24,31)(H,28,29)/t12-,13-,17-/m0/s1. The summed E-state index contributed by atoms with van der Waals surface area (Å²) < 4.78 is 0. The Morgan fingerprint density at radius 1 is 1.22 bits per heavy atom. The fourth-order valence-corrected chi connectivity index (χ4v) is 3.55. The molecule has 2 heterocycles.